The maximum absolute atomic E-state index is 14.1. The van der Waals surface area contributed by atoms with Crippen molar-refractivity contribution in [2.45, 2.75) is 32.5 Å². The number of hydrogen-bond acceptors (Lipinski definition) is 3. The highest BCUT2D eigenvalue weighted by Crippen LogP contribution is 2.39. The maximum atomic E-state index is 14.1. The predicted octanol–water partition coefficient (Wildman–Crippen LogP) is 3.12. The van der Waals surface area contributed by atoms with Gasteiger partial charge in [-0.3, -0.25) is 4.79 Å². The molecule has 2 aromatic rings. The zero-order valence-electron chi connectivity index (χ0n) is 11.5. The average Bonchev–Trinajstić information content (AvgIpc) is 3.00. The molecule has 0 saturated heterocycles. The molecule has 0 bridgehead atoms. The standard InChI is InChI=1S/C15H16FN3O/c1-9(2)13(20)14-17-15-11(16)8-12(19(15)18-14)10-6-4-3-5-7-10/h3-7,9,11-12H,8H2,1-2H3. The zero-order chi connectivity index (χ0) is 14.3. The van der Waals surface area contributed by atoms with E-state index in [0.717, 1.165) is 5.56 Å². The average molecular weight is 273 g/mol. The second kappa shape index (κ2) is 4.81. The predicted molar refractivity (Wildman–Crippen MR) is 72.2 cm³/mol. The number of fused-ring (bicyclic) bond motifs is 1. The Balaban J connectivity index is 2.00. The molecule has 2 heterocycles. The third-order valence-corrected chi connectivity index (χ3v) is 3.59. The van der Waals surface area contributed by atoms with Crippen LogP contribution >= 0.6 is 0 Å². The lowest BCUT2D eigenvalue weighted by Gasteiger charge is -2.11. The third-order valence-electron chi connectivity index (χ3n) is 3.59. The Morgan fingerprint density at radius 2 is 2.05 bits per heavy atom. The minimum Gasteiger partial charge on any atom is -0.290 e. The van der Waals surface area contributed by atoms with E-state index in [1.54, 1.807) is 18.5 Å². The minimum absolute atomic E-state index is 0.123. The number of rotatable bonds is 3. The van der Waals surface area contributed by atoms with Crippen LogP contribution in [-0.4, -0.2) is 20.5 Å². The molecule has 2 unspecified atom stereocenters. The van der Waals surface area contributed by atoms with Gasteiger partial charge in [-0.05, 0) is 5.56 Å². The van der Waals surface area contributed by atoms with E-state index >= 15 is 0 Å². The highest BCUT2D eigenvalue weighted by molar-refractivity contribution is 5.93. The quantitative estimate of drug-likeness (QED) is 0.807. The fourth-order valence-electron chi connectivity index (χ4n) is 2.49. The molecule has 0 fully saturated rings. The van der Waals surface area contributed by atoms with Gasteiger partial charge >= 0.3 is 0 Å². The molecule has 5 heteroatoms. The molecule has 104 valence electrons. The van der Waals surface area contributed by atoms with E-state index in [4.69, 9.17) is 0 Å². The lowest BCUT2D eigenvalue weighted by atomic mass is 10.0. The second-order valence-corrected chi connectivity index (χ2v) is 5.39. The first kappa shape index (κ1) is 13.0. The molecule has 4 nitrogen and oxygen atoms in total. The van der Waals surface area contributed by atoms with Crippen LogP contribution in [0.2, 0.25) is 0 Å². The summed E-state index contributed by atoms with van der Waals surface area (Å²) < 4.78 is 15.7. The summed E-state index contributed by atoms with van der Waals surface area (Å²) in [5.74, 6) is 0.0541. The van der Waals surface area contributed by atoms with Gasteiger partial charge in [-0.25, -0.2) is 14.1 Å². The lowest BCUT2D eigenvalue weighted by molar-refractivity contribution is 0.0928. The van der Waals surface area contributed by atoms with Gasteiger partial charge in [0, 0.05) is 12.3 Å². The summed E-state index contributed by atoms with van der Waals surface area (Å²) >= 11 is 0. The first-order chi connectivity index (χ1) is 9.58. The Labute approximate surface area is 116 Å². The Hall–Kier alpha value is -2.04. The van der Waals surface area contributed by atoms with E-state index < -0.39 is 6.17 Å². The monoisotopic (exact) mass is 273 g/mol. The third kappa shape index (κ3) is 2.03. The summed E-state index contributed by atoms with van der Waals surface area (Å²) in [6, 6.07) is 9.45. The van der Waals surface area contributed by atoms with Gasteiger partial charge in [0.2, 0.25) is 11.6 Å². The number of halogens is 1. The Kier molecular flexibility index (Phi) is 3.12. The molecule has 20 heavy (non-hydrogen) atoms. The number of carbonyl (C=O) groups is 1. The summed E-state index contributed by atoms with van der Waals surface area (Å²) in [5.41, 5.74) is 0.988. The van der Waals surface area contributed by atoms with Crippen LogP contribution < -0.4 is 0 Å². The van der Waals surface area contributed by atoms with Crippen molar-refractivity contribution in [3.05, 3.63) is 47.5 Å². The first-order valence-corrected chi connectivity index (χ1v) is 6.77. The summed E-state index contributed by atoms with van der Waals surface area (Å²) in [7, 11) is 0. The number of carbonyl (C=O) groups excluding carboxylic acids is 1. The molecule has 1 aliphatic heterocycles. The van der Waals surface area contributed by atoms with E-state index in [1.807, 2.05) is 30.3 Å². The minimum atomic E-state index is -1.17. The lowest BCUT2D eigenvalue weighted by Crippen LogP contribution is -2.12. The highest BCUT2D eigenvalue weighted by atomic mass is 19.1. The van der Waals surface area contributed by atoms with Gasteiger partial charge in [-0.2, -0.15) is 0 Å². The van der Waals surface area contributed by atoms with Crippen LogP contribution in [0.5, 0.6) is 0 Å². The van der Waals surface area contributed by atoms with E-state index in [1.165, 1.54) is 0 Å². The summed E-state index contributed by atoms with van der Waals surface area (Å²) in [6.07, 6.45) is -0.836. The fourth-order valence-corrected chi connectivity index (χ4v) is 2.49. The molecule has 0 radical (unpaired) electrons. The van der Waals surface area contributed by atoms with Crippen LogP contribution in [-0.2, 0) is 0 Å². The zero-order valence-corrected chi connectivity index (χ0v) is 11.5. The van der Waals surface area contributed by atoms with Crippen molar-refractivity contribution in [2.75, 3.05) is 0 Å². The molecule has 0 spiro atoms. The van der Waals surface area contributed by atoms with Crippen LogP contribution in [0, 0.1) is 5.92 Å². The topological polar surface area (TPSA) is 47.8 Å². The number of hydrogen-bond donors (Lipinski definition) is 0. The van der Waals surface area contributed by atoms with Crippen LogP contribution in [0.3, 0.4) is 0 Å². The van der Waals surface area contributed by atoms with Crippen LogP contribution in [0.4, 0.5) is 4.39 Å². The molecular weight excluding hydrogens is 257 g/mol. The van der Waals surface area contributed by atoms with Gasteiger partial charge < -0.3 is 0 Å². The molecule has 1 aliphatic rings. The van der Waals surface area contributed by atoms with Crippen molar-refractivity contribution in [1.29, 1.82) is 0 Å². The molecule has 0 saturated carbocycles. The summed E-state index contributed by atoms with van der Waals surface area (Å²) in [6.45, 7) is 3.58. The van der Waals surface area contributed by atoms with Crippen molar-refractivity contribution in [3.8, 4) is 0 Å². The largest absolute Gasteiger partial charge is 0.290 e. The van der Waals surface area contributed by atoms with Gasteiger partial charge in [-0.1, -0.05) is 44.2 Å². The molecule has 1 aromatic heterocycles. The van der Waals surface area contributed by atoms with Crippen molar-refractivity contribution in [1.82, 2.24) is 14.8 Å². The Morgan fingerprint density at radius 3 is 2.70 bits per heavy atom. The van der Waals surface area contributed by atoms with Crippen LogP contribution in [0.25, 0.3) is 0 Å². The molecule has 0 N–H and O–H groups in total. The second-order valence-electron chi connectivity index (χ2n) is 5.39. The number of ketones is 1. The van der Waals surface area contributed by atoms with Crippen molar-refractivity contribution >= 4 is 5.78 Å². The highest BCUT2D eigenvalue weighted by Gasteiger charge is 2.36. The first-order valence-electron chi connectivity index (χ1n) is 6.77. The normalized spacial score (nSPS) is 21.2. The summed E-state index contributed by atoms with van der Waals surface area (Å²) in [4.78, 5) is 16.0. The Morgan fingerprint density at radius 1 is 1.35 bits per heavy atom. The molecule has 0 amide bonds. The van der Waals surface area contributed by atoms with E-state index in [9.17, 15) is 9.18 Å². The van der Waals surface area contributed by atoms with Gasteiger partial charge in [0.25, 0.3) is 0 Å². The van der Waals surface area contributed by atoms with Crippen molar-refractivity contribution < 1.29 is 9.18 Å². The maximum Gasteiger partial charge on any atom is 0.217 e. The number of Topliss-reactive ketones (excluding diaryl/α,β-unsaturated/α-hetero) is 1. The fraction of sp³-hybridized carbons (Fsp3) is 0.400. The van der Waals surface area contributed by atoms with Gasteiger partial charge in [-0.15, -0.1) is 5.10 Å². The van der Waals surface area contributed by atoms with Crippen LogP contribution in [0.1, 0.15) is 54.5 Å². The van der Waals surface area contributed by atoms with Crippen molar-refractivity contribution in [3.63, 3.8) is 0 Å². The molecule has 0 aliphatic carbocycles. The van der Waals surface area contributed by atoms with E-state index in [2.05, 4.69) is 10.1 Å². The van der Waals surface area contributed by atoms with E-state index in [0.29, 0.717) is 6.42 Å². The Bertz CT molecular complexity index is 636. The molecule has 1 aromatic carbocycles. The number of nitrogens with zero attached hydrogens (tertiary/aromatic N) is 3. The van der Waals surface area contributed by atoms with Gasteiger partial charge in [0.1, 0.15) is 0 Å². The van der Waals surface area contributed by atoms with Crippen LogP contribution in [0.15, 0.2) is 30.3 Å². The number of aromatic nitrogens is 3. The summed E-state index contributed by atoms with van der Waals surface area (Å²) in [5, 5.41) is 4.24. The smallest absolute Gasteiger partial charge is 0.217 e. The molecule has 2 atom stereocenters. The molecule has 3 rings (SSSR count). The number of alkyl halides is 1. The SMILES string of the molecule is CC(C)C(=O)c1nc2n(n1)C(c1ccccc1)CC2F. The van der Waals surface area contributed by atoms with Crippen molar-refractivity contribution in [2.24, 2.45) is 5.92 Å². The van der Waals surface area contributed by atoms with Gasteiger partial charge in [0.15, 0.2) is 12.0 Å². The van der Waals surface area contributed by atoms with E-state index in [-0.39, 0.29) is 29.4 Å². The number of benzene rings is 1. The van der Waals surface area contributed by atoms with Gasteiger partial charge in [0.05, 0.1) is 6.04 Å². The molecular formula is C15H16FN3O.